The molecule has 2 heteroatoms. The van der Waals surface area contributed by atoms with Gasteiger partial charge in [-0.15, -0.1) is 12.3 Å². The second-order valence-corrected chi connectivity index (χ2v) is 5.78. The van der Waals surface area contributed by atoms with Crippen molar-refractivity contribution >= 4 is 0 Å². The first kappa shape index (κ1) is 11.6. The van der Waals surface area contributed by atoms with Crippen LogP contribution in [0.5, 0.6) is 0 Å². The van der Waals surface area contributed by atoms with E-state index in [1.165, 1.54) is 32.1 Å². The van der Waals surface area contributed by atoms with Gasteiger partial charge in [0.15, 0.2) is 6.29 Å². The first-order valence-electron chi connectivity index (χ1n) is 7.09. The summed E-state index contributed by atoms with van der Waals surface area (Å²) in [6.45, 7) is 0.874. The molecule has 0 aromatic rings. The molecule has 2 bridgehead atoms. The summed E-state index contributed by atoms with van der Waals surface area (Å²) in [4.78, 5) is 0. The molecule has 1 heterocycles. The van der Waals surface area contributed by atoms with Gasteiger partial charge in [-0.25, -0.2) is 0 Å². The predicted octanol–water partition coefficient (Wildman–Crippen LogP) is 2.97. The van der Waals surface area contributed by atoms with Crippen molar-refractivity contribution in [1.29, 1.82) is 0 Å². The van der Waals surface area contributed by atoms with Gasteiger partial charge < -0.3 is 9.47 Å². The molecule has 1 unspecified atom stereocenters. The number of ether oxygens (including phenoxy) is 2. The smallest absolute Gasteiger partial charge is 0.157 e. The third kappa shape index (κ3) is 2.23. The molecule has 0 aromatic heterocycles. The Bertz CT molecular complexity index is 301. The molecule has 17 heavy (non-hydrogen) atoms. The van der Waals surface area contributed by atoms with Crippen molar-refractivity contribution in [2.45, 2.75) is 57.3 Å². The first-order chi connectivity index (χ1) is 8.38. The summed E-state index contributed by atoms with van der Waals surface area (Å²) >= 11 is 0. The third-order valence-electron chi connectivity index (χ3n) is 4.86. The Kier molecular flexibility index (Phi) is 3.40. The van der Waals surface area contributed by atoms with Gasteiger partial charge in [0, 0.05) is 13.0 Å². The van der Waals surface area contributed by atoms with Crippen molar-refractivity contribution in [2.75, 3.05) is 6.61 Å². The Balaban J connectivity index is 1.57. The lowest BCUT2D eigenvalue weighted by Crippen LogP contribution is -2.31. The summed E-state index contributed by atoms with van der Waals surface area (Å²) in [5.41, 5.74) is 0. The van der Waals surface area contributed by atoms with Gasteiger partial charge in [-0.1, -0.05) is 0 Å². The minimum atomic E-state index is 0.0691. The van der Waals surface area contributed by atoms with E-state index in [-0.39, 0.29) is 6.29 Å². The van der Waals surface area contributed by atoms with Crippen LogP contribution in [0.4, 0.5) is 0 Å². The zero-order valence-corrected chi connectivity index (χ0v) is 10.4. The summed E-state index contributed by atoms with van der Waals surface area (Å²) in [5, 5.41) is 0. The van der Waals surface area contributed by atoms with Crippen LogP contribution in [0, 0.1) is 30.1 Å². The fourth-order valence-electron chi connectivity index (χ4n) is 4.04. The number of terminal acetylenes is 1. The number of hydrogen-bond acceptors (Lipinski definition) is 2. The van der Waals surface area contributed by atoms with Crippen molar-refractivity contribution in [3.63, 3.8) is 0 Å². The Morgan fingerprint density at radius 2 is 2.18 bits per heavy atom. The molecular weight excluding hydrogens is 212 g/mol. The largest absolute Gasteiger partial charge is 0.353 e. The molecule has 5 atom stereocenters. The van der Waals surface area contributed by atoms with Crippen molar-refractivity contribution in [3.8, 4) is 12.3 Å². The maximum absolute atomic E-state index is 6.17. The second-order valence-electron chi connectivity index (χ2n) is 5.78. The normalized spacial score (nSPS) is 44.8. The van der Waals surface area contributed by atoms with Crippen LogP contribution in [0.15, 0.2) is 0 Å². The monoisotopic (exact) mass is 234 g/mol. The van der Waals surface area contributed by atoms with Gasteiger partial charge in [0.05, 0.1) is 6.10 Å². The van der Waals surface area contributed by atoms with Gasteiger partial charge in [-0.2, -0.15) is 0 Å². The highest BCUT2D eigenvalue weighted by molar-refractivity contribution is 5.02. The average molecular weight is 234 g/mol. The molecule has 0 amide bonds. The lowest BCUT2D eigenvalue weighted by atomic mass is 9.94. The molecule has 1 saturated heterocycles. The predicted molar refractivity (Wildman–Crippen MR) is 66.2 cm³/mol. The van der Waals surface area contributed by atoms with Crippen LogP contribution in [0.1, 0.15) is 44.9 Å². The van der Waals surface area contributed by atoms with Crippen LogP contribution >= 0.6 is 0 Å². The Labute approximate surface area is 104 Å². The fraction of sp³-hybridized carbons (Fsp3) is 0.867. The van der Waals surface area contributed by atoms with Gasteiger partial charge in [0.25, 0.3) is 0 Å². The van der Waals surface area contributed by atoms with E-state index in [4.69, 9.17) is 15.9 Å². The maximum Gasteiger partial charge on any atom is 0.157 e. The molecule has 0 N–H and O–H groups in total. The molecule has 3 aliphatic rings. The van der Waals surface area contributed by atoms with Crippen LogP contribution in [0.2, 0.25) is 0 Å². The summed E-state index contributed by atoms with van der Waals surface area (Å²) in [7, 11) is 0. The van der Waals surface area contributed by atoms with Crippen molar-refractivity contribution in [3.05, 3.63) is 0 Å². The molecule has 0 radical (unpaired) electrons. The van der Waals surface area contributed by atoms with E-state index in [0.29, 0.717) is 12.0 Å². The van der Waals surface area contributed by atoms with Crippen molar-refractivity contribution in [1.82, 2.24) is 0 Å². The number of hydrogen-bond donors (Lipinski definition) is 0. The molecule has 3 rings (SSSR count). The summed E-state index contributed by atoms with van der Waals surface area (Å²) in [5.74, 6) is 5.11. The summed E-state index contributed by atoms with van der Waals surface area (Å²) < 4.78 is 11.9. The van der Waals surface area contributed by atoms with E-state index in [9.17, 15) is 0 Å². The van der Waals surface area contributed by atoms with Gasteiger partial charge in [0.1, 0.15) is 0 Å². The van der Waals surface area contributed by atoms with Crippen LogP contribution in [-0.2, 0) is 9.47 Å². The van der Waals surface area contributed by atoms with Gasteiger partial charge in [0.2, 0.25) is 0 Å². The topological polar surface area (TPSA) is 18.5 Å². The lowest BCUT2D eigenvalue weighted by molar-refractivity contribution is -0.197. The van der Waals surface area contributed by atoms with Crippen LogP contribution < -0.4 is 0 Å². The Morgan fingerprint density at radius 3 is 2.94 bits per heavy atom. The Morgan fingerprint density at radius 1 is 1.24 bits per heavy atom. The first-order valence-corrected chi connectivity index (χ1v) is 7.09. The minimum absolute atomic E-state index is 0.0691. The molecule has 2 saturated carbocycles. The second kappa shape index (κ2) is 5.00. The Hall–Kier alpha value is -0.520. The third-order valence-corrected chi connectivity index (χ3v) is 4.86. The van der Waals surface area contributed by atoms with Crippen molar-refractivity contribution in [2.24, 2.45) is 17.8 Å². The molecule has 3 fully saturated rings. The SMILES string of the molecule is C#CC[C@H]1[C@H]2CC[C@@H]1[C@@H](OC1CCCCO1)C2. The molecular formula is C15H22O2. The van der Waals surface area contributed by atoms with E-state index in [0.717, 1.165) is 31.3 Å². The quantitative estimate of drug-likeness (QED) is 0.699. The molecule has 2 aliphatic carbocycles. The number of rotatable bonds is 3. The van der Waals surface area contributed by atoms with E-state index >= 15 is 0 Å². The molecule has 0 aromatic carbocycles. The van der Waals surface area contributed by atoms with Crippen molar-refractivity contribution < 1.29 is 9.47 Å². The van der Waals surface area contributed by atoms with E-state index in [1.54, 1.807) is 0 Å². The highest BCUT2D eigenvalue weighted by atomic mass is 16.7. The summed E-state index contributed by atoms with van der Waals surface area (Å²) in [6, 6.07) is 0. The molecule has 1 aliphatic heterocycles. The zero-order chi connectivity index (χ0) is 11.7. The van der Waals surface area contributed by atoms with Gasteiger partial charge in [-0.05, 0) is 56.3 Å². The lowest BCUT2D eigenvalue weighted by Gasteiger charge is -2.30. The van der Waals surface area contributed by atoms with E-state index in [1.807, 2.05) is 0 Å². The zero-order valence-electron chi connectivity index (χ0n) is 10.4. The van der Waals surface area contributed by atoms with Crippen LogP contribution in [0.25, 0.3) is 0 Å². The van der Waals surface area contributed by atoms with Gasteiger partial charge in [-0.3, -0.25) is 0 Å². The van der Waals surface area contributed by atoms with E-state index < -0.39 is 0 Å². The molecule has 0 spiro atoms. The van der Waals surface area contributed by atoms with Crippen LogP contribution in [-0.4, -0.2) is 19.0 Å². The standard InChI is InChI=1S/C15H22O2/c1-2-5-12-11-7-8-13(12)14(10-11)17-15-6-3-4-9-16-15/h1,11-15H,3-10H2/t11-,12-,13-,14-,15?/m0/s1. The highest BCUT2D eigenvalue weighted by Crippen LogP contribution is 2.52. The molecule has 2 nitrogen and oxygen atoms in total. The summed E-state index contributed by atoms with van der Waals surface area (Å²) in [6.07, 6.45) is 14.3. The minimum Gasteiger partial charge on any atom is -0.353 e. The van der Waals surface area contributed by atoms with Gasteiger partial charge >= 0.3 is 0 Å². The number of fused-ring (bicyclic) bond motifs is 2. The average Bonchev–Trinajstić information content (AvgIpc) is 2.88. The molecule has 94 valence electrons. The maximum atomic E-state index is 6.17. The highest BCUT2D eigenvalue weighted by Gasteiger charge is 2.48. The van der Waals surface area contributed by atoms with Crippen LogP contribution in [0.3, 0.4) is 0 Å². The van der Waals surface area contributed by atoms with E-state index in [2.05, 4.69) is 5.92 Å². The fourth-order valence-corrected chi connectivity index (χ4v) is 4.04.